The van der Waals surface area contributed by atoms with Crippen molar-refractivity contribution in [3.8, 4) is 0 Å². The van der Waals surface area contributed by atoms with Gasteiger partial charge in [0.25, 0.3) is 0 Å². The summed E-state index contributed by atoms with van der Waals surface area (Å²) in [6.45, 7) is 1.88. The third kappa shape index (κ3) is 2.82. The minimum atomic E-state index is -0.142. The molecule has 3 rings (SSSR count). The standard InChI is InChI=1S/C17H17NO2/c1-12-5-8-16(20-12)9-10-17(19)18-15-7-6-13-3-2-4-14(13)11-15/h5-11H,2-4H2,1H3,(H,18,19). The first kappa shape index (κ1) is 12.7. The predicted molar refractivity (Wildman–Crippen MR) is 79.6 cm³/mol. The molecule has 0 aliphatic heterocycles. The van der Waals surface area contributed by atoms with E-state index in [9.17, 15) is 4.79 Å². The Bertz CT molecular complexity index is 667. The van der Waals surface area contributed by atoms with Gasteiger partial charge in [0.2, 0.25) is 5.91 Å². The smallest absolute Gasteiger partial charge is 0.248 e. The van der Waals surface area contributed by atoms with Crippen molar-refractivity contribution >= 4 is 17.7 Å². The van der Waals surface area contributed by atoms with E-state index < -0.39 is 0 Å². The zero-order valence-electron chi connectivity index (χ0n) is 11.5. The summed E-state index contributed by atoms with van der Waals surface area (Å²) in [5.41, 5.74) is 3.62. The second-order valence-corrected chi connectivity index (χ2v) is 5.11. The van der Waals surface area contributed by atoms with Crippen LogP contribution in [0.15, 0.2) is 40.8 Å². The maximum Gasteiger partial charge on any atom is 0.248 e. The highest BCUT2D eigenvalue weighted by Gasteiger charge is 2.11. The van der Waals surface area contributed by atoms with Gasteiger partial charge in [0.15, 0.2) is 0 Å². The summed E-state index contributed by atoms with van der Waals surface area (Å²) in [7, 11) is 0. The number of carbonyl (C=O) groups excluding carboxylic acids is 1. The topological polar surface area (TPSA) is 42.2 Å². The molecule has 0 saturated heterocycles. The SMILES string of the molecule is Cc1ccc(C=CC(=O)Nc2ccc3c(c2)CCC3)o1. The Kier molecular flexibility index (Phi) is 3.42. The van der Waals surface area contributed by atoms with Crippen molar-refractivity contribution in [2.75, 3.05) is 5.32 Å². The molecule has 0 unspecified atom stereocenters. The van der Waals surface area contributed by atoms with Gasteiger partial charge in [-0.2, -0.15) is 0 Å². The van der Waals surface area contributed by atoms with Gasteiger partial charge < -0.3 is 9.73 Å². The van der Waals surface area contributed by atoms with Crippen LogP contribution in [0.1, 0.15) is 29.1 Å². The lowest BCUT2D eigenvalue weighted by molar-refractivity contribution is -0.111. The minimum absolute atomic E-state index is 0.142. The van der Waals surface area contributed by atoms with Crippen LogP contribution >= 0.6 is 0 Å². The number of amides is 1. The maximum atomic E-state index is 11.9. The van der Waals surface area contributed by atoms with Crippen molar-refractivity contribution in [1.29, 1.82) is 0 Å². The minimum Gasteiger partial charge on any atom is -0.462 e. The Morgan fingerprint density at radius 3 is 2.85 bits per heavy atom. The molecule has 0 bridgehead atoms. The van der Waals surface area contributed by atoms with Crippen molar-refractivity contribution in [3.05, 3.63) is 59.1 Å². The normalized spacial score (nSPS) is 13.7. The monoisotopic (exact) mass is 267 g/mol. The van der Waals surface area contributed by atoms with Crippen molar-refractivity contribution in [1.82, 2.24) is 0 Å². The highest BCUT2D eigenvalue weighted by Crippen LogP contribution is 2.24. The molecule has 1 aliphatic rings. The van der Waals surface area contributed by atoms with E-state index >= 15 is 0 Å². The van der Waals surface area contributed by atoms with Gasteiger partial charge in [0, 0.05) is 11.8 Å². The molecule has 0 radical (unpaired) electrons. The quantitative estimate of drug-likeness (QED) is 0.861. The summed E-state index contributed by atoms with van der Waals surface area (Å²) in [5, 5.41) is 2.88. The van der Waals surface area contributed by atoms with E-state index in [0.29, 0.717) is 5.76 Å². The molecule has 1 aromatic carbocycles. The van der Waals surface area contributed by atoms with Crippen LogP contribution in [-0.4, -0.2) is 5.91 Å². The van der Waals surface area contributed by atoms with Crippen LogP contribution in [0.2, 0.25) is 0 Å². The Labute approximate surface area is 118 Å². The number of furan rings is 1. The first-order valence-electron chi connectivity index (χ1n) is 6.88. The molecule has 3 heteroatoms. The van der Waals surface area contributed by atoms with Crippen LogP contribution in [0.5, 0.6) is 0 Å². The van der Waals surface area contributed by atoms with E-state index in [2.05, 4.69) is 17.4 Å². The zero-order valence-corrected chi connectivity index (χ0v) is 11.5. The highest BCUT2D eigenvalue weighted by molar-refractivity contribution is 6.01. The Hall–Kier alpha value is -2.29. The predicted octanol–water partition coefficient (Wildman–Crippen LogP) is 3.73. The average Bonchev–Trinajstić information content (AvgIpc) is 3.04. The van der Waals surface area contributed by atoms with E-state index in [-0.39, 0.29) is 5.91 Å². The summed E-state index contributed by atoms with van der Waals surface area (Å²) in [5.74, 6) is 1.38. The lowest BCUT2D eigenvalue weighted by Gasteiger charge is -2.05. The molecule has 1 amide bonds. The largest absolute Gasteiger partial charge is 0.462 e. The molecule has 102 valence electrons. The molecule has 0 spiro atoms. The Balaban J connectivity index is 1.65. The lowest BCUT2D eigenvalue weighted by Crippen LogP contribution is -2.07. The van der Waals surface area contributed by atoms with Crippen molar-refractivity contribution in [2.45, 2.75) is 26.2 Å². The summed E-state index contributed by atoms with van der Waals surface area (Å²) < 4.78 is 5.38. The van der Waals surface area contributed by atoms with Gasteiger partial charge in [-0.3, -0.25) is 4.79 Å². The van der Waals surface area contributed by atoms with Crippen LogP contribution < -0.4 is 5.32 Å². The summed E-state index contributed by atoms with van der Waals surface area (Å²) in [4.78, 5) is 11.9. The number of aryl methyl sites for hydroxylation is 3. The zero-order chi connectivity index (χ0) is 13.9. The van der Waals surface area contributed by atoms with Gasteiger partial charge in [0.1, 0.15) is 11.5 Å². The van der Waals surface area contributed by atoms with Gasteiger partial charge in [-0.25, -0.2) is 0 Å². The fraction of sp³-hybridized carbons (Fsp3) is 0.235. The molecular weight excluding hydrogens is 250 g/mol. The summed E-state index contributed by atoms with van der Waals surface area (Å²) in [6.07, 6.45) is 6.65. The number of benzene rings is 1. The second kappa shape index (κ2) is 5.37. The van der Waals surface area contributed by atoms with Crippen LogP contribution in [0.25, 0.3) is 6.08 Å². The molecule has 0 fully saturated rings. The van der Waals surface area contributed by atoms with Crippen LogP contribution in [-0.2, 0) is 17.6 Å². The van der Waals surface area contributed by atoms with E-state index in [4.69, 9.17) is 4.42 Å². The lowest BCUT2D eigenvalue weighted by atomic mass is 10.1. The molecule has 1 aromatic heterocycles. The van der Waals surface area contributed by atoms with Crippen molar-refractivity contribution in [3.63, 3.8) is 0 Å². The van der Waals surface area contributed by atoms with Crippen molar-refractivity contribution < 1.29 is 9.21 Å². The number of hydrogen-bond acceptors (Lipinski definition) is 2. The van der Waals surface area contributed by atoms with Gasteiger partial charge in [-0.05, 0) is 67.7 Å². The summed E-state index contributed by atoms with van der Waals surface area (Å²) in [6, 6.07) is 9.86. The summed E-state index contributed by atoms with van der Waals surface area (Å²) >= 11 is 0. The fourth-order valence-electron chi connectivity index (χ4n) is 2.53. The number of hydrogen-bond donors (Lipinski definition) is 1. The maximum absolute atomic E-state index is 11.9. The van der Waals surface area contributed by atoms with E-state index in [0.717, 1.165) is 24.3 Å². The molecule has 1 heterocycles. The molecule has 20 heavy (non-hydrogen) atoms. The van der Waals surface area contributed by atoms with E-state index in [1.54, 1.807) is 6.08 Å². The van der Waals surface area contributed by atoms with E-state index in [1.165, 1.54) is 23.6 Å². The van der Waals surface area contributed by atoms with Gasteiger partial charge >= 0.3 is 0 Å². The van der Waals surface area contributed by atoms with Gasteiger partial charge in [0.05, 0.1) is 0 Å². The first-order chi connectivity index (χ1) is 9.70. The third-order valence-corrected chi connectivity index (χ3v) is 3.53. The van der Waals surface area contributed by atoms with E-state index in [1.807, 2.05) is 25.1 Å². The molecule has 1 N–H and O–H groups in total. The number of carbonyl (C=O) groups is 1. The number of fused-ring (bicyclic) bond motifs is 1. The third-order valence-electron chi connectivity index (χ3n) is 3.53. The van der Waals surface area contributed by atoms with Crippen LogP contribution in [0.3, 0.4) is 0 Å². The van der Waals surface area contributed by atoms with Gasteiger partial charge in [-0.1, -0.05) is 6.07 Å². The number of anilines is 1. The number of rotatable bonds is 3. The second-order valence-electron chi connectivity index (χ2n) is 5.11. The Morgan fingerprint density at radius 1 is 1.20 bits per heavy atom. The molecule has 1 aliphatic carbocycles. The van der Waals surface area contributed by atoms with Crippen molar-refractivity contribution in [2.24, 2.45) is 0 Å². The Morgan fingerprint density at radius 2 is 2.05 bits per heavy atom. The molecule has 2 aromatic rings. The van der Waals surface area contributed by atoms with Gasteiger partial charge in [-0.15, -0.1) is 0 Å². The average molecular weight is 267 g/mol. The molecule has 3 nitrogen and oxygen atoms in total. The molecule has 0 saturated carbocycles. The molecular formula is C17H17NO2. The number of nitrogens with one attached hydrogen (secondary N) is 1. The van der Waals surface area contributed by atoms with Crippen LogP contribution in [0, 0.1) is 6.92 Å². The first-order valence-corrected chi connectivity index (χ1v) is 6.88. The van der Waals surface area contributed by atoms with Crippen LogP contribution in [0.4, 0.5) is 5.69 Å². The molecule has 0 atom stereocenters. The highest BCUT2D eigenvalue weighted by atomic mass is 16.3. The fourth-order valence-corrected chi connectivity index (χ4v) is 2.53.